The summed E-state index contributed by atoms with van der Waals surface area (Å²) in [6, 6.07) is -5.04. The summed E-state index contributed by atoms with van der Waals surface area (Å²) in [7, 11) is -5.10. The normalized spacial score (nSPS) is 45.8. The average Bonchev–Trinajstić information content (AvgIpc) is 3.26. The van der Waals surface area contributed by atoms with Crippen LogP contribution >= 0.6 is 0 Å². The molecule has 31 nitrogen and oxygen atoms in total. The molecule has 32 heteroatoms. The summed E-state index contributed by atoms with van der Waals surface area (Å²) >= 11 is 0. The maximum absolute atomic E-state index is 12.5. The number of aliphatic hydroxyl groups excluding tert-OH is 12. The largest absolute Gasteiger partial charge is 0.397 e. The van der Waals surface area contributed by atoms with Crippen molar-refractivity contribution in [3.05, 3.63) is 0 Å². The van der Waals surface area contributed by atoms with Crippen molar-refractivity contribution in [1.82, 2.24) is 16.0 Å². The molecule has 5 rings (SSSR count). The zero-order valence-corrected chi connectivity index (χ0v) is 37.4. The lowest BCUT2D eigenvalue weighted by atomic mass is 9.94. The van der Waals surface area contributed by atoms with Crippen molar-refractivity contribution in [2.24, 2.45) is 0 Å². The zero-order valence-electron chi connectivity index (χ0n) is 36.6. The number of hydrogen-bond acceptors (Lipinski definition) is 27. The maximum atomic E-state index is 12.5. The van der Waals surface area contributed by atoms with Crippen LogP contribution in [-0.4, -0.2) is 272 Å². The molecule has 0 bridgehead atoms. The van der Waals surface area contributed by atoms with Gasteiger partial charge in [0, 0.05) is 20.8 Å². The summed E-state index contributed by atoms with van der Waals surface area (Å²) in [6.07, 6.45) is -41.5. The van der Waals surface area contributed by atoms with E-state index in [1.54, 1.807) is 0 Å². The minimum absolute atomic E-state index is 0.783. The second-order valence-electron chi connectivity index (χ2n) is 16.7. The molecule has 0 unspecified atom stereocenters. The summed E-state index contributed by atoms with van der Waals surface area (Å²) in [5.74, 6) is -2.41. The van der Waals surface area contributed by atoms with E-state index in [2.05, 4.69) is 20.1 Å². The lowest BCUT2D eigenvalue weighted by Crippen LogP contribution is -2.70. The first-order valence-corrected chi connectivity index (χ1v) is 22.5. The van der Waals surface area contributed by atoms with E-state index in [1.165, 1.54) is 6.92 Å². The second kappa shape index (κ2) is 23.8. The van der Waals surface area contributed by atoms with Gasteiger partial charge < -0.3 is 120 Å². The topological polar surface area (TPSA) is 477 Å². The molecule has 68 heavy (non-hydrogen) atoms. The fourth-order valence-electron chi connectivity index (χ4n) is 8.19. The Morgan fingerprint density at radius 3 is 1.50 bits per heavy atom. The van der Waals surface area contributed by atoms with Crippen molar-refractivity contribution in [2.75, 3.05) is 26.4 Å². The van der Waals surface area contributed by atoms with Crippen molar-refractivity contribution in [3.8, 4) is 0 Å². The van der Waals surface area contributed by atoms with Gasteiger partial charge in [-0.1, -0.05) is 0 Å². The van der Waals surface area contributed by atoms with Crippen molar-refractivity contribution in [2.45, 2.75) is 181 Å². The van der Waals surface area contributed by atoms with Crippen LogP contribution < -0.4 is 16.0 Å². The van der Waals surface area contributed by atoms with Gasteiger partial charge in [0.2, 0.25) is 17.7 Å². The fraction of sp³-hybridized carbons (Fsp3) is 0.917. The highest BCUT2D eigenvalue weighted by Gasteiger charge is 2.57. The fourth-order valence-corrected chi connectivity index (χ4v) is 8.50. The lowest BCUT2D eigenvalue weighted by molar-refractivity contribution is -0.397. The third-order valence-electron chi connectivity index (χ3n) is 11.7. The van der Waals surface area contributed by atoms with Crippen LogP contribution in [0.3, 0.4) is 0 Å². The molecular formula is C36H61N3O28S. The molecule has 0 aromatic carbocycles. The van der Waals surface area contributed by atoms with Crippen LogP contribution in [-0.2, 0) is 71.6 Å². The molecule has 5 saturated heterocycles. The first-order valence-electron chi connectivity index (χ1n) is 21.1. The van der Waals surface area contributed by atoms with Crippen LogP contribution in [0.2, 0.25) is 0 Å². The van der Waals surface area contributed by atoms with Gasteiger partial charge in [0.05, 0.1) is 32.5 Å². The molecule has 0 aromatic heterocycles. The highest BCUT2D eigenvalue weighted by molar-refractivity contribution is 7.80. The van der Waals surface area contributed by atoms with Crippen LogP contribution in [0.1, 0.15) is 27.7 Å². The van der Waals surface area contributed by atoms with Crippen molar-refractivity contribution >= 4 is 28.1 Å². The molecule has 0 saturated carbocycles. The third kappa shape index (κ3) is 13.3. The molecule has 25 atom stereocenters. The third-order valence-corrected chi connectivity index (χ3v) is 12.1. The molecule has 0 aliphatic carbocycles. The summed E-state index contributed by atoms with van der Waals surface area (Å²) in [5.41, 5.74) is 0. The van der Waals surface area contributed by atoms with E-state index in [0.29, 0.717) is 0 Å². The highest BCUT2D eigenvalue weighted by Crippen LogP contribution is 2.36. The summed E-state index contributed by atoms with van der Waals surface area (Å²) in [4.78, 5) is 36.8. The Labute approximate surface area is 386 Å². The second-order valence-corrected chi connectivity index (χ2v) is 17.8. The van der Waals surface area contributed by atoms with Gasteiger partial charge in [-0.3, -0.25) is 18.9 Å². The number of amides is 3. The Morgan fingerprint density at radius 1 is 0.485 bits per heavy atom. The Morgan fingerprint density at radius 2 is 0.941 bits per heavy atom. The quantitative estimate of drug-likeness (QED) is 0.0602. The Kier molecular flexibility index (Phi) is 19.7. The molecule has 5 heterocycles. The van der Waals surface area contributed by atoms with Gasteiger partial charge in [0.25, 0.3) is 0 Å². The molecule has 0 radical (unpaired) electrons. The predicted molar refractivity (Wildman–Crippen MR) is 210 cm³/mol. The van der Waals surface area contributed by atoms with E-state index in [-0.39, 0.29) is 0 Å². The molecule has 0 spiro atoms. The standard InChI is InChI=1S/C36H61N3O28S/c1-9-20(45)27(52)28(53)35(60-9)67-31-30(66-34-18(38-11(3)43)26(51)21(46)13(5-40)62-34)23(48)14(6-41)63-36(31)65-29-19(39-12(4)44)32(54)61-15(24(29)49)7-58-33-17(37-10(2)42)25(50)22(47)16(64-33)8-59-68(55,56)57/h9,13-36,40-41,45-54H,5-8H2,1-4H3,(H,37,42)(H,38,43)(H,39,44)(H,55,56,57)/t9-,13+,14+,15+,16+,17+,18+,19+,20+,21-,22+,23-,24-,25+,26+,27+,28-,29+,30-,31+,32+,33+,34+,35-,36-/m0/s1. The number of carbonyl (C=O) groups is 3. The highest BCUT2D eigenvalue weighted by atomic mass is 32.3. The summed E-state index contributed by atoms with van der Waals surface area (Å²) in [5, 5.41) is 137. The molecular weight excluding hydrogens is 954 g/mol. The van der Waals surface area contributed by atoms with E-state index >= 15 is 0 Å². The number of carbonyl (C=O) groups excluding carboxylic acids is 3. The molecule has 3 amide bonds. The number of nitrogens with one attached hydrogen (secondary N) is 3. The summed E-state index contributed by atoms with van der Waals surface area (Å²) in [6.45, 7) is 0.416. The van der Waals surface area contributed by atoms with Gasteiger partial charge >= 0.3 is 10.4 Å². The molecule has 5 aliphatic heterocycles. The van der Waals surface area contributed by atoms with E-state index in [4.69, 9.17) is 47.2 Å². The molecule has 5 aliphatic rings. The molecule has 5 fully saturated rings. The molecule has 16 N–H and O–H groups in total. The van der Waals surface area contributed by atoms with Gasteiger partial charge in [0.15, 0.2) is 31.5 Å². The van der Waals surface area contributed by atoms with Crippen molar-refractivity contribution < 1.29 is 135 Å². The Balaban J connectivity index is 1.51. The van der Waals surface area contributed by atoms with Gasteiger partial charge in [-0.25, -0.2) is 4.18 Å². The van der Waals surface area contributed by atoms with Gasteiger partial charge in [-0.2, -0.15) is 8.42 Å². The SMILES string of the molecule is CC(=O)N[C@@H]1[C@@H](O[C@@H]2O[C@H](CO)[C@H](O)[C@H](O[C@H]3O[C@H](CO)[C@H](O)[C@H](O)[C@H]3NC(C)=O)[C@H]2O[C@@H]2O[C@@H](C)[C@@H](O)[C@@H](O)[C@@H]2O)[C@@H](O)[C@@H](CO[C@@H]2O[C@H](COS(=O)(=O)O)[C@@H](O)[C@H](O)[C@H]2NC(C)=O)O[C@H]1O. The van der Waals surface area contributed by atoms with Crippen LogP contribution in [0.4, 0.5) is 0 Å². The van der Waals surface area contributed by atoms with E-state index in [9.17, 15) is 84.1 Å². The van der Waals surface area contributed by atoms with Crippen molar-refractivity contribution in [1.29, 1.82) is 0 Å². The monoisotopic (exact) mass is 1020 g/mol. The zero-order chi connectivity index (χ0) is 50.7. The number of rotatable bonds is 17. The first-order chi connectivity index (χ1) is 31.8. The Bertz CT molecular complexity index is 1790. The number of ether oxygens (including phenoxy) is 9. The Hall–Kier alpha value is -2.56. The van der Waals surface area contributed by atoms with Gasteiger partial charge in [-0.15, -0.1) is 0 Å². The minimum Gasteiger partial charge on any atom is -0.394 e. The predicted octanol–water partition coefficient (Wildman–Crippen LogP) is -10.6. The maximum Gasteiger partial charge on any atom is 0.397 e. The van der Waals surface area contributed by atoms with E-state index < -0.39 is 208 Å². The number of hydrogen-bond donors (Lipinski definition) is 16. The molecule has 0 aromatic rings. The minimum atomic E-state index is -5.10. The average molecular weight is 1020 g/mol. The van der Waals surface area contributed by atoms with Crippen LogP contribution in [0.25, 0.3) is 0 Å². The van der Waals surface area contributed by atoms with Crippen LogP contribution in [0.15, 0.2) is 0 Å². The first kappa shape index (κ1) is 56.4. The smallest absolute Gasteiger partial charge is 0.394 e. The molecule has 394 valence electrons. The van der Waals surface area contributed by atoms with Crippen LogP contribution in [0, 0.1) is 0 Å². The van der Waals surface area contributed by atoms with Gasteiger partial charge in [-0.05, 0) is 6.92 Å². The van der Waals surface area contributed by atoms with Crippen molar-refractivity contribution in [3.63, 3.8) is 0 Å². The number of aliphatic hydroxyl groups is 12. The van der Waals surface area contributed by atoms with E-state index in [0.717, 1.165) is 20.8 Å². The lowest BCUT2D eigenvalue weighted by Gasteiger charge is -2.51. The van der Waals surface area contributed by atoms with Gasteiger partial charge in [0.1, 0.15) is 116 Å². The van der Waals surface area contributed by atoms with Crippen LogP contribution in [0.5, 0.6) is 0 Å². The summed E-state index contributed by atoms with van der Waals surface area (Å²) < 4.78 is 88.3. The van der Waals surface area contributed by atoms with E-state index in [1.807, 2.05) is 0 Å².